The summed E-state index contributed by atoms with van der Waals surface area (Å²) in [6.45, 7) is 4.50. The van der Waals surface area contributed by atoms with Gasteiger partial charge in [0.05, 0.1) is 16.6 Å². The third-order valence-electron chi connectivity index (χ3n) is 2.87. The summed E-state index contributed by atoms with van der Waals surface area (Å²) in [4.78, 5) is 10.4. The zero-order valence-corrected chi connectivity index (χ0v) is 11.0. The molecule has 1 aromatic rings. The monoisotopic (exact) mass is 263 g/mol. The highest BCUT2D eigenvalue weighted by molar-refractivity contribution is 5.64. The molecule has 0 saturated carbocycles. The van der Waals surface area contributed by atoms with Crippen molar-refractivity contribution in [3.63, 3.8) is 0 Å². The number of nitrogens with one attached hydrogen (secondary N) is 1. The summed E-state index contributed by atoms with van der Waals surface area (Å²) in [7, 11) is 0. The molecule has 0 fully saturated rings. The molecule has 19 heavy (non-hydrogen) atoms. The van der Waals surface area contributed by atoms with Gasteiger partial charge in [0, 0.05) is 19.2 Å². The SMILES string of the molecule is CC(C)(CCO)CNc1ccc(C#N)cc1[N+](=O)[O-]. The van der Waals surface area contributed by atoms with Crippen molar-refractivity contribution in [2.75, 3.05) is 18.5 Å². The fourth-order valence-corrected chi connectivity index (χ4v) is 1.63. The average molecular weight is 263 g/mol. The number of aliphatic hydroxyl groups excluding tert-OH is 1. The van der Waals surface area contributed by atoms with E-state index in [2.05, 4.69) is 5.32 Å². The van der Waals surface area contributed by atoms with Gasteiger partial charge >= 0.3 is 0 Å². The van der Waals surface area contributed by atoms with Crippen LogP contribution in [-0.4, -0.2) is 23.2 Å². The van der Waals surface area contributed by atoms with Gasteiger partial charge in [-0.15, -0.1) is 0 Å². The predicted molar refractivity (Wildman–Crippen MR) is 71.8 cm³/mol. The number of rotatable bonds is 6. The number of nitro benzene ring substituents is 1. The molecule has 1 aromatic carbocycles. The second-order valence-corrected chi connectivity index (χ2v) is 5.09. The van der Waals surface area contributed by atoms with Crippen LogP contribution >= 0.6 is 0 Å². The first-order valence-electron chi connectivity index (χ1n) is 5.93. The third kappa shape index (κ3) is 4.23. The van der Waals surface area contributed by atoms with E-state index in [1.54, 1.807) is 0 Å². The van der Waals surface area contributed by atoms with Gasteiger partial charge < -0.3 is 10.4 Å². The summed E-state index contributed by atoms with van der Waals surface area (Å²) < 4.78 is 0. The van der Waals surface area contributed by atoms with Gasteiger partial charge in [-0.3, -0.25) is 10.1 Å². The minimum Gasteiger partial charge on any atom is -0.396 e. The lowest BCUT2D eigenvalue weighted by Crippen LogP contribution is -2.24. The van der Waals surface area contributed by atoms with Gasteiger partial charge in [-0.05, 0) is 24.0 Å². The maximum Gasteiger partial charge on any atom is 0.293 e. The fourth-order valence-electron chi connectivity index (χ4n) is 1.63. The largest absolute Gasteiger partial charge is 0.396 e. The Labute approximate surface area is 111 Å². The molecule has 0 saturated heterocycles. The van der Waals surface area contributed by atoms with Crippen molar-refractivity contribution in [2.24, 2.45) is 5.41 Å². The van der Waals surface area contributed by atoms with E-state index in [0.29, 0.717) is 18.7 Å². The van der Waals surface area contributed by atoms with Crippen LogP contribution in [0.4, 0.5) is 11.4 Å². The summed E-state index contributed by atoms with van der Waals surface area (Å²) in [5.74, 6) is 0. The van der Waals surface area contributed by atoms with Crippen molar-refractivity contribution < 1.29 is 10.0 Å². The van der Waals surface area contributed by atoms with Gasteiger partial charge in [-0.1, -0.05) is 13.8 Å². The molecular formula is C13H17N3O3. The van der Waals surface area contributed by atoms with Gasteiger partial charge in [-0.25, -0.2) is 0 Å². The standard InChI is InChI=1S/C13H17N3O3/c1-13(2,5-6-17)9-15-11-4-3-10(8-14)7-12(11)16(18)19/h3-4,7,15,17H,5-6,9H2,1-2H3. The van der Waals surface area contributed by atoms with Crippen molar-refractivity contribution in [3.8, 4) is 6.07 Å². The van der Waals surface area contributed by atoms with Crippen molar-refractivity contribution in [1.29, 1.82) is 5.26 Å². The quantitative estimate of drug-likeness (QED) is 0.606. The molecule has 0 unspecified atom stereocenters. The van der Waals surface area contributed by atoms with Gasteiger partial charge in [-0.2, -0.15) is 5.26 Å². The molecule has 0 atom stereocenters. The minimum atomic E-state index is -0.512. The Morgan fingerprint density at radius 3 is 2.74 bits per heavy atom. The number of hydrogen-bond acceptors (Lipinski definition) is 5. The molecule has 2 N–H and O–H groups in total. The Balaban J connectivity index is 2.90. The Morgan fingerprint density at radius 2 is 2.21 bits per heavy atom. The smallest absolute Gasteiger partial charge is 0.293 e. The Morgan fingerprint density at radius 1 is 1.53 bits per heavy atom. The predicted octanol–water partition coefficient (Wildman–Crippen LogP) is 2.29. The molecule has 0 aliphatic carbocycles. The number of nitro groups is 1. The fraction of sp³-hybridized carbons (Fsp3) is 0.462. The molecule has 1 rings (SSSR count). The van der Waals surface area contributed by atoms with Crippen LogP contribution in [0.3, 0.4) is 0 Å². The zero-order chi connectivity index (χ0) is 14.5. The summed E-state index contributed by atoms with van der Waals surface area (Å²) >= 11 is 0. The van der Waals surface area contributed by atoms with Crippen LogP contribution in [0.15, 0.2) is 18.2 Å². The highest BCUT2D eigenvalue weighted by Crippen LogP contribution is 2.27. The van der Waals surface area contributed by atoms with Crippen molar-refractivity contribution in [3.05, 3.63) is 33.9 Å². The molecule has 0 heterocycles. The van der Waals surface area contributed by atoms with Crippen LogP contribution in [0.1, 0.15) is 25.8 Å². The van der Waals surface area contributed by atoms with Crippen molar-refractivity contribution in [1.82, 2.24) is 0 Å². The van der Waals surface area contributed by atoms with Crippen LogP contribution in [0.5, 0.6) is 0 Å². The molecule has 0 aliphatic heterocycles. The molecule has 0 bridgehead atoms. The first-order chi connectivity index (χ1) is 8.89. The maximum atomic E-state index is 11.0. The van der Waals surface area contributed by atoms with Crippen molar-refractivity contribution >= 4 is 11.4 Å². The van der Waals surface area contributed by atoms with E-state index < -0.39 is 4.92 Å². The van der Waals surface area contributed by atoms with E-state index in [-0.39, 0.29) is 23.3 Å². The van der Waals surface area contributed by atoms with E-state index >= 15 is 0 Å². The van der Waals surface area contributed by atoms with E-state index in [4.69, 9.17) is 10.4 Å². The molecule has 102 valence electrons. The Kier molecular flexibility index (Phi) is 4.84. The lowest BCUT2D eigenvalue weighted by molar-refractivity contribution is -0.384. The normalized spacial score (nSPS) is 10.8. The molecule has 0 amide bonds. The summed E-state index contributed by atoms with van der Waals surface area (Å²) in [6, 6.07) is 6.20. The number of nitrogens with zero attached hydrogens (tertiary/aromatic N) is 2. The number of nitriles is 1. The summed E-state index contributed by atoms with van der Waals surface area (Å²) in [5, 5.41) is 31.6. The molecular weight excluding hydrogens is 246 g/mol. The van der Waals surface area contributed by atoms with Crippen LogP contribution in [0.2, 0.25) is 0 Å². The maximum absolute atomic E-state index is 11.0. The van der Waals surface area contributed by atoms with E-state index in [1.807, 2.05) is 19.9 Å². The molecule has 0 aliphatic rings. The number of benzene rings is 1. The highest BCUT2D eigenvalue weighted by Gasteiger charge is 2.20. The van der Waals surface area contributed by atoms with E-state index in [1.165, 1.54) is 18.2 Å². The number of aliphatic hydroxyl groups is 1. The van der Waals surface area contributed by atoms with Gasteiger partial charge in [0.25, 0.3) is 5.69 Å². The topological polar surface area (TPSA) is 99.2 Å². The van der Waals surface area contributed by atoms with Crippen molar-refractivity contribution in [2.45, 2.75) is 20.3 Å². The third-order valence-corrected chi connectivity index (χ3v) is 2.87. The van der Waals surface area contributed by atoms with E-state index in [0.717, 1.165) is 0 Å². The molecule has 0 spiro atoms. The molecule has 6 heteroatoms. The van der Waals surface area contributed by atoms with Crippen LogP contribution in [0, 0.1) is 26.9 Å². The zero-order valence-electron chi connectivity index (χ0n) is 11.0. The Hall–Kier alpha value is -2.13. The lowest BCUT2D eigenvalue weighted by Gasteiger charge is -2.24. The first kappa shape index (κ1) is 14.9. The minimum absolute atomic E-state index is 0.0736. The average Bonchev–Trinajstić information content (AvgIpc) is 2.36. The second kappa shape index (κ2) is 6.16. The van der Waals surface area contributed by atoms with Crippen LogP contribution in [0.25, 0.3) is 0 Å². The highest BCUT2D eigenvalue weighted by atomic mass is 16.6. The first-order valence-corrected chi connectivity index (χ1v) is 5.93. The molecule has 0 aromatic heterocycles. The lowest BCUT2D eigenvalue weighted by atomic mass is 9.89. The summed E-state index contributed by atoms with van der Waals surface area (Å²) in [6.07, 6.45) is 0.601. The molecule has 0 radical (unpaired) electrons. The molecule has 6 nitrogen and oxygen atoms in total. The number of anilines is 1. The second-order valence-electron chi connectivity index (χ2n) is 5.09. The van der Waals surface area contributed by atoms with Crippen LogP contribution in [-0.2, 0) is 0 Å². The van der Waals surface area contributed by atoms with Gasteiger partial charge in [0.1, 0.15) is 5.69 Å². The van der Waals surface area contributed by atoms with Crippen LogP contribution < -0.4 is 5.32 Å². The van der Waals surface area contributed by atoms with Gasteiger partial charge in [0.2, 0.25) is 0 Å². The number of hydrogen-bond donors (Lipinski definition) is 2. The van der Waals surface area contributed by atoms with E-state index in [9.17, 15) is 10.1 Å². The Bertz CT molecular complexity index is 506. The summed E-state index contributed by atoms with van der Waals surface area (Å²) in [5.41, 5.74) is 0.358. The van der Waals surface area contributed by atoms with Gasteiger partial charge in [0.15, 0.2) is 0 Å².